The summed E-state index contributed by atoms with van der Waals surface area (Å²) in [6.07, 6.45) is 12.5. The Bertz CT molecular complexity index is 885. The van der Waals surface area contributed by atoms with Gasteiger partial charge in [0.2, 0.25) is 0 Å². The van der Waals surface area contributed by atoms with Crippen LogP contribution in [0.15, 0.2) is 12.1 Å². The number of carbonyl (C=O) groups is 2. The van der Waals surface area contributed by atoms with Gasteiger partial charge in [-0.15, -0.1) is 0 Å². The lowest BCUT2D eigenvalue weighted by atomic mass is 9.67. The van der Waals surface area contributed by atoms with Crippen molar-refractivity contribution < 1.29 is 23.8 Å². The van der Waals surface area contributed by atoms with Crippen LogP contribution in [0.2, 0.25) is 0 Å². The number of ether oxygens (including phenoxy) is 1. The highest BCUT2D eigenvalue weighted by Gasteiger charge is 2.34. The lowest BCUT2D eigenvalue weighted by Gasteiger charge is -2.39. The molecule has 3 aliphatic carbocycles. The van der Waals surface area contributed by atoms with Crippen molar-refractivity contribution >= 4 is 11.9 Å². The van der Waals surface area contributed by atoms with Crippen LogP contribution < -0.4 is 4.74 Å². The molecule has 0 aliphatic heterocycles. The maximum absolute atomic E-state index is 15.0. The van der Waals surface area contributed by atoms with Crippen LogP contribution in [0.4, 0.5) is 4.39 Å². The second kappa shape index (κ2) is 10.7. The number of carbonyl (C=O) groups excluding carboxylic acids is 1. The van der Waals surface area contributed by atoms with Crippen LogP contribution in [0.5, 0.6) is 5.75 Å². The highest BCUT2D eigenvalue weighted by atomic mass is 19.1. The van der Waals surface area contributed by atoms with Crippen molar-refractivity contribution in [2.24, 2.45) is 23.7 Å². The molecule has 5 nitrogen and oxygen atoms in total. The van der Waals surface area contributed by atoms with Gasteiger partial charge in [-0.2, -0.15) is 0 Å². The van der Waals surface area contributed by atoms with Gasteiger partial charge in [0, 0.05) is 13.1 Å². The predicted octanol–water partition coefficient (Wildman–Crippen LogP) is 6.26. The number of nitrogens with zero attached hydrogens (tertiary/aromatic N) is 1. The van der Waals surface area contributed by atoms with Gasteiger partial charge in [-0.3, -0.25) is 4.79 Å². The summed E-state index contributed by atoms with van der Waals surface area (Å²) in [5.41, 5.74) is 0.805. The second-order valence-electron chi connectivity index (χ2n) is 11.3. The molecular formula is C28H40FNO4. The molecule has 1 N–H and O–H groups in total. The minimum absolute atomic E-state index is 0.0719. The van der Waals surface area contributed by atoms with Crippen LogP contribution in [0, 0.1) is 29.5 Å². The van der Waals surface area contributed by atoms with E-state index in [9.17, 15) is 14.7 Å². The summed E-state index contributed by atoms with van der Waals surface area (Å²) in [5, 5.41) is 9.53. The summed E-state index contributed by atoms with van der Waals surface area (Å²) < 4.78 is 21.1. The van der Waals surface area contributed by atoms with Gasteiger partial charge < -0.3 is 14.7 Å². The third-order valence-corrected chi connectivity index (χ3v) is 8.21. The number of likely N-dealkylation sites (N-methyl/N-ethyl adjacent to an activating group) is 1. The first-order valence-corrected chi connectivity index (χ1v) is 13.2. The number of benzene rings is 1. The fraction of sp³-hybridized carbons (Fsp3) is 0.714. The van der Waals surface area contributed by atoms with Gasteiger partial charge in [-0.05, 0) is 86.2 Å². The van der Waals surface area contributed by atoms with Crippen molar-refractivity contribution in [3.05, 3.63) is 29.1 Å². The van der Waals surface area contributed by atoms with Crippen LogP contribution in [0.1, 0.15) is 99.9 Å². The number of carboxylic acids is 1. The molecular weight excluding hydrogens is 433 g/mol. The third-order valence-electron chi connectivity index (χ3n) is 8.21. The Morgan fingerprint density at radius 2 is 1.79 bits per heavy atom. The first-order chi connectivity index (χ1) is 16.2. The number of halogens is 1. The lowest BCUT2D eigenvalue weighted by Crippen LogP contribution is -2.45. The summed E-state index contributed by atoms with van der Waals surface area (Å²) in [6, 6.07) is 1.93. The van der Waals surface area contributed by atoms with Gasteiger partial charge >= 0.3 is 5.97 Å². The molecule has 34 heavy (non-hydrogen) atoms. The molecule has 2 unspecified atom stereocenters. The van der Waals surface area contributed by atoms with E-state index in [1.807, 2.05) is 0 Å². The van der Waals surface area contributed by atoms with E-state index in [2.05, 4.69) is 0 Å². The minimum Gasteiger partial charge on any atom is -0.493 e. The number of hydrogen-bond acceptors (Lipinski definition) is 3. The smallest absolute Gasteiger partial charge is 0.326 e. The number of aliphatic carboxylic acids is 1. The van der Waals surface area contributed by atoms with Crippen molar-refractivity contribution in [2.75, 3.05) is 13.7 Å². The Morgan fingerprint density at radius 3 is 2.38 bits per heavy atom. The van der Waals surface area contributed by atoms with Gasteiger partial charge in [0.1, 0.15) is 17.6 Å². The topological polar surface area (TPSA) is 66.8 Å². The normalized spacial score (nSPS) is 25.1. The molecule has 6 heteroatoms. The zero-order valence-corrected chi connectivity index (χ0v) is 20.9. The number of rotatable bonds is 10. The molecule has 1 aromatic rings. The highest BCUT2D eigenvalue weighted by Crippen LogP contribution is 2.46. The molecule has 0 heterocycles. The Kier molecular flexibility index (Phi) is 7.83. The predicted molar refractivity (Wildman–Crippen MR) is 130 cm³/mol. The van der Waals surface area contributed by atoms with Gasteiger partial charge in [-0.1, -0.05) is 33.1 Å². The molecule has 1 aromatic carbocycles. The molecule has 0 radical (unpaired) electrons. The molecule has 3 fully saturated rings. The van der Waals surface area contributed by atoms with E-state index in [0.29, 0.717) is 12.4 Å². The van der Waals surface area contributed by atoms with Gasteiger partial charge in [0.15, 0.2) is 0 Å². The van der Waals surface area contributed by atoms with E-state index in [1.54, 1.807) is 19.9 Å². The highest BCUT2D eigenvalue weighted by molar-refractivity contribution is 5.97. The van der Waals surface area contributed by atoms with Gasteiger partial charge in [0.05, 0.1) is 12.2 Å². The average Bonchev–Trinajstić information content (AvgIpc) is 3.61. The summed E-state index contributed by atoms with van der Waals surface area (Å²) in [6.45, 7) is 4.04. The monoisotopic (exact) mass is 473 g/mol. The van der Waals surface area contributed by atoms with E-state index in [0.717, 1.165) is 47.5 Å². The molecule has 2 bridgehead atoms. The van der Waals surface area contributed by atoms with Gasteiger partial charge in [-0.25, -0.2) is 9.18 Å². The second-order valence-corrected chi connectivity index (χ2v) is 11.3. The molecule has 3 saturated carbocycles. The van der Waals surface area contributed by atoms with Crippen molar-refractivity contribution in [1.29, 1.82) is 0 Å². The van der Waals surface area contributed by atoms with Crippen LogP contribution in [-0.2, 0) is 4.79 Å². The molecule has 0 saturated heterocycles. The zero-order valence-electron chi connectivity index (χ0n) is 20.9. The van der Waals surface area contributed by atoms with E-state index >= 15 is 4.39 Å². The Labute approximate surface area is 203 Å². The van der Waals surface area contributed by atoms with Crippen LogP contribution in [0.3, 0.4) is 0 Å². The molecule has 0 aromatic heterocycles. The molecule has 3 atom stereocenters. The Hall–Kier alpha value is -2.11. The average molecular weight is 474 g/mol. The zero-order chi connectivity index (χ0) is 24.4. The quantitative estimate of drug-likeness (QED) is 0.407. The molecule has 4 rings (SSSR count). The fourth-order valence-electron chi connectivity index (χ4n) is 6.45. The van der Waals surface area contributed by atoms with Gasteiger partial charge in [0.25, 0.3) is 5.91 Å². The van der Waals surface area contributed by atoms with Crippen molar-refractivity contribution in [3.8, 4) is 5.75 Å². The first kappa shape index (κ1) is 25.0. The maximum Gasteiger partial charge on any atom is 0.326 e. The number of carboxylic acid groups (broad SMARTS) is 1. The number of hydrogen-bond donors (Lipinski definition) is 1. The Morgan fingerprint density at radius 1 is 1.12 bits per heavy atom. The van der Waals surface area contributed by atoms with Crippen LogP contribution >= 0.6 is 0 Å². The summed E-state index contributed by atoms with van der Waals surface area (Å²) >= 11 is 0. The van der Waals surface area contributed by atoms with Crippen molar-refractivity contribution in [1.82, 2.24) is 4.90 Å². The number of fused-ring (bicyclic) bond motifs is 2. The van der Waals surface area contributed by atoms with Crippen molar-refractivity contribution in [3.63, 3.8) is 0 Å². The Balaban J connectivity index is 1.39. The SMILES string of the molecule is CC(C)[C@@H](C(=O)O)N(C)C(=O)c1cc(C2CC2)c(OCCCC2CC3CCCC(C2)C3)cc1F. The summed E-state index contributed by atoms with van der Waals surface area (Å²) in [4.78, 5) is 25.8. The summed E-state index contributed by atoms with van der Waals surface area (Å²) in [5.74, 6) is 0.843. The fourth-order valence-corrected chi connectivity index (χ4v) is 6.45. The maximum atomic E-state index is 15.0. The number of amides is 1. The van der Waals surface area contributed by atoms with E-state index < -0.39 is 23.7 Å². The molecule has 1 amide bonds. The summed E-state index contributed by atoms with van der Waals surface area (Å²) in [7, 11) is 1.43. The van der Waals surface area contributed by atoms with Crippen molar-refractivity contribution in [2.45, 2.75) is 90.0 Å². The standard InChI is InChI=1S/C28H40FNO4/c1-17(2)26(28(32)33)30(3)27(31)23-15-22(21-9-10-21)25(16-24(23)29)34-11-5-8-20-13-18-6-4-7-19(12-18)14-20/h15-21,26H,4-14H2,1-3H3,(H,32,33)/t18?,19?,20?,26-/m0/s1. The largest absolute Gasteiger partial charge is 0.493 e. The minimum atomic E-state index is -1.09. The first-order valence-electron chi connectivity index (χ1n) is 13.2. The lowest BCUT2D eigenvalue weighted by molar-refractivity contribution is -0.143. The van der Waals surface area contributed by atoms with Crippen LogP contribution in [-0.4, -0.2) is 41.6 Å². The van der Waals surface area contributed by atoms with Crippen LogP contribution in [0.25, 0.3) is 0 Å². The van der Waals surface area contributed by atoms with E-state index in [4.69, 9.17) is 4.74 Å². The molecule has 188 valence electrons. The molecule has 0 spiro atoms. The third kappa shape index (κ3) is 5.75. The van der Waals surface area contributed by atoms with E-state index in [1.165, 1.54) is 58.1 Å². The van der Waals surface area contributed by atoms with E-state index in [-0.39, 0.29) is 17.4 Å². The molecule has 3 aliphatic rings.